The van der Waals surface area contributed by atoms with Crippen molar-refractivity contribution in [2.75, 3.05) is 26.4 Å². The predicted molar refractivity (Wildman–Crippen MR) is 308 cm³/mol. The van der Waals surface area contributed by atoms with Crippen LogP contribution in [0.4, 0.5) is 17.6 Å². The van der Waals surface area contributed by atoms with Gasteiger partial charge in [0.25, 0.3) is 0 Å². The van der Waals surface area contributed by atoms with Gasteiger partial charge in [-0.15, -0.1) is 0 Å². The monoisotopic (exact) mass is 1160 g/mol. The molecule has 0 N–H and O–H groups in total. The van der Waals surface area contributed by atoms with E-state index >= 15 is 0 Å². The van der Waals surface area contributed by atoms with Crippen molar-refractivity contribution < 1.29 is 84.3 Å². The number of hydrogen-bond acceptors (Lipinski definition) is 14. The second-order valence-corrected chi connectivity index (χ2v) is 19.3. The third-order valence-electron chi connectivity index (χ3n) is 13.4. The number of fused-ring (bicyclic) bond motifs is 2. The van der Waals surface area contributed by atoms with Crippen LogP contribution in [-0.2, 0) is 30.4 Å². The van der Waals surface area contributed by atoms with Gasteiger partial charge < -0.3 is 33.2 Å². The summed E-state index contributed by atoms with van der Waals surface area (Å²) in [6.07, 6.45) is 6.59. The molecule has 0 fully saturated rings. The van der Waals surface area contributed by atoms with Crippen molar-refractivity contribution in [1.82, 2.24) is 0 Å². The number of rotatable bonds is 27. The van der Waals surface area contributed by atoms with E-state index in [1.807, 2.05) is 87.5 Å². The number of unbranched alkanes of at least 4 members (excludes halogenated alkanes) is 2. The van der Waals surface area contributed by atoms with Gasteiger partial charge >= 0.3 is 23.9 Å². The minimum atomic E-state index is -2.00. The van der Waals surface area contributed by atoms with E-state index < -0.39 is 46.5 Å². The van der Waals surface area contributed by atoms with Crippen molar-refractivity contribution in [3.63, 3.8) is 0 Å². The first-order chi connectivity index (χ1) is 40.5. The summed E-state index contributed by atoms with van der Waals surface area (Å²) in [5.74, 6) is -10.7. The highest BCUT2D eigenvalue weighted by Crippen LogP contribution is 2.31. The first-order valence-electron chi connectivity index (χ1n) is 27.6. The standard InChI is InChI=1S/C27H28O6.C23H22F4O6.C16H18O2/c1-3-19(2)26(29)32-17-7-6-16-31-22-13-10-21(11-14-22)27(30)33-25-15-12-20-8-4-5-9-23(20)24(25)18-28;1-3-13(2)22(29)32-11-5-4-10-31-15-8-6-14(7-9-15)23(30)33-21-19(26)17(24)16(12-28)18(25)20(21)27;1-3-12(2)18-11-15-9-5-7-13-6-4-8-14(10-17)16(13)15/h4-5,8-15,18-19H,3,6-7,16-17H2,1-2H3;6-9,12-13H,3-5,10-11H2,1-2H3;4-10,12H,3,11H2,1-2H3. The summed E-state index contributed by atoms with van der Waals surface area (Å²) in [6.45, 7) is 13.7. The Morgan fingerprint density at radius 1 is 0.488 bits per heavy atom. The average molecular weight is 1160 g/mol. The SMILES string of the molecule is CCC(C)C(=O)OCCCCOc1ccc(C(=O)Oc2c(F)c(F)c(C=O)c(F)c2F)cc1.CCC(C)C(=O)OCCCCOc1ccc(C(=O)Oc2ccc3ccccc3c2C=O)cc1.CCC(C)OCc1cccc2cccc(C=O)c12. The third-order valence-corrected chi connectivity index (χ3v) is 13.4. The van der Waals surface area contributed by atoms with Gasteiger partial charge in [0.1, 0.15) is 17.2 Å². The summed E-state index contributed by atoms with van der Waals surface area (Å²) >= 11 is 0. The molecule has 0 radical (unpaired) electrons. The molecule has 0 bridgehead atoms. The lowest BCUT2D eigenvalue weighted by atomic mass is 10.0. The second-order valence-electron chi connectivity index (χ2n) is 19.3. The van der Waals surface area contributed by atoms with Crippen LogP contribution in [0.2, 0.25) is 0 Å². The van der Waals surface area contributed by atoms with Crippen LogP contribution in [0.3, 0.4) is 0 Å². The van der Waals surface area contributed by atoms with E-state index in [9.17, 15) is 51.1 Å². The van der Waals surface area contributed by atoms with E-state index in [1.165, 1.54) is 24.3 Å². The molecule has 0 saturated carbocycles. The maximum Gasteiger partial charge on any atom is 0.343 e. The number of aldehydes is 3. The first-order valence-corrected chi connectivity index (χ1v) is 27.6. The number of carbonyl (C=O) groups excluding carboxylic acids is 7. The topological polar surface area (TPSA) is 184 Å². The van der Waals surface area contributed by atoms with Gasteiger partial charge in [-0.05, 0) is 134 Å². The lowest BCUT2D eigenvalue weighted by Crippen LogP contribution is -2.15. The third kappa shape index (κ3) is 18.9. The van der Waals surface area contributed by atoms with Crippen molar-refractivity contribution in [1.29, 1.82) is 0 Å². The molecule has 0 aliphatic heterocycles. The number of hydrogen-bond donors (Lipinski definition) is 0. The van der Waals surface area contributed by atoms with Crippen LogP contribution in [0, 0.1) is 35.1 Å². The van der Waals surface area contributed by atoms with Crippen LogP contribution in [-0.4, -0.2) is 75.3 Å². The molecule has 0 spiro atoms. The van der Waals surface area contributed by atoms with E-state index in [0.29, 0.717) is 74.6 Å². The number of benzene rings is 7. The summed E-state index contributed by atoms with van der Waals surface area (Å²) in [6, 6.07) is 34.6. The zero-order chi connectivity index (χ0) is 61.1. The van der Waals surface area contributed by atoms with Crippen LogP contribution in [0.1, 0.15) is 144 Å². The van der Waals surface area contributed by atoms with E-state index in [2.05, 4.69) is 18.6 Å². The maximum atomic E-state index is 13.9. The smallest absolute Gasteiger partial charge is 0.343 e. The average Bonchev–Trinajstić information content (AvgIpc) is 2.62. The van der Waals surface area contributed by atoms with Crippen molar-refractivity contribution in [2.24, 2.45) is 11.8 Å². The van der Waals surface area contributed by atoms with E-state index in [1.54, 1.807) is 37.3 Å². The van der Waals surface area contributed by atoms with Crippen molar-refractivity contribution in [2.45, 2.75) is 99.2 Å². The maximum absolute atomic E-state index is 13.9. The van der Waals surface area contributed by atoms with E-state index in [4.69, 9.17) is 28.4 Å². The van der Waals surface area contributed by atoms with Crippen LogP contribution in [0.15, 0.2) is 121 Å². The number of esters is 4. The lowest BCUT2D eigenvalue weighted by molar-refractivity contribution is -0.149. The molecule has 84 heavy (non-hydrogen) atoms. The molecule has 0 aliphatic carbocycles. The van der Waals surface area contributed by atoms with Crippen molar-refractivity contribution >= 4 is 64.3 Å². The van der Waals surface area contributed by atoms with Gasteiger partial charge in [-0.2, -0.15) is 8.78 Å². The van der Waals surface area contributed by atoms with Gasteiger partial charge in [-0.3, -0.25) is 24.0 Å². The molecule has 7 rings (SSSR count). The van der Waals surface area contributed by atoms with E-state index in [0.717, 1.165) is 64.6 Å². The second kappa shape index (κ2) is 34.0. The Morgan fingerprint density at radius 2 is 0.976 bits per heavy atom. The zero-order valence-electron chi connectivity index (χ0n) is 47.7. The Morgan fingerprint density at radius 3 is 1.48 bits per heavy atom. The summed E-state index contributed by atoms with van der Waals surface area (Å²) in [5, 5.41) is 3.73. The number of halogens is 4. The highest BCUT2D eigenvalue weighted by Gasteiger charge is 2.28. The van der Waals surface area contributed by atoms with Crippen LogP contribution >= 0.6 is 0 Å². The van der Waals surface area contributed by atoms with Crippen LogP contribution < -0.4 is 18.9 Å². The molecule has 18 heteroatoms. The Kier molecular flexibility index (Phi) is 26.7. The molecule has 14 nitrogen and oxygen atoms in total. The van der Waals surface area contributed by atoms with Crippen LogP contribution in [0.5, 0.6) is 23.0 Å². The Labute approximate surface area is 485 Å². The largest absolute Gasteiger partial charge is 0.494 e. The van der Waals surface area contributed by atoms with Crippen LogP contribution in [0.25, 0.3) is 21.5 Å². The minimum Gasteiger partial charge on any atom is -0.494 e. The molecule has 0 aromatic heterocycles. The summed E-state index contributed by atoms with van der Waals surface area (Å²) in [7, 11) is 0. The number of carbonyl (C=O) groups is 7. The molecule has 3 unspecified atom stereocenters. The summed E-state index contributed by atoms with van der Waals surface area (Å²) < 4.78 is 92.3. The highest BCUT2D eigenvalue weighted by molar-refractivity contribution is 6.03. The fraction of sp³-hybridized carbons (Fsp3) is 0.318. The summed E-state index contributed by atoms with van der Waals surface area (Å²) in [5.41, 5.74) is 0.894. The molecule has 0 amide bonds. The molecule has 7 aromatic rings. The first kappa shape index (κ1) is 66.0. The van der Waals surface area contributed by atoms with Gasteiger partial charge in [-0.1, -0.05) is 101 Å². The zero-order valence-corrected chi connectivity index (χ0v) is 47.7. The fourth-order valence-corrected chi connectivity index (χ4v) is 7.76. The molecule has 7 aromatic carbocycles. The molecular formula is C66H68F4O14. The Bertz CT molecular complexity index is 3310. The quantitative estimate of drug-likeness (QED) is 0.0118. The van der Waals surface area contributed by atoms with Gasteiger partial charge in [0.2, 0.25) is 17.4 Å². The van der Waals surface area contributed by atoms with Crippen molar-refractivity contribution in [3.05, 3.63) is 178 Å². The van der Waals surface area contributed by atoms with Gasteiger partial charge in [0, 0.05) is 5.56 Å². The molecular weight excluding hydrogens is 1090 g/mol. The molecule has 0 aliphatic rings. The normalized spacial score (nSPS) is 11.8. The fourth-order valence-electron chi connectivity index (χ4n) is 7.76. The molecule has 0 saturated heterocycles. The molecule has 0 heterocycles. The Hall–Kier alpha value is -8.77. The highest BCUT2D eigenvalue weighted by atomic mass is 19.2. The minimum absolute atomic E-state index is 0.0716. The summed E-state index contributed by atoms with van der Waals surface area (Å²) in [4.78, 5) is 81.2. The molecule has 3 atom stereocenters. The number of ether oxygens (including phenoxy) is 7. The van der Waals surface area contributed by atoms with Gasteiger partial charge in [0.15, 0.2) is 30.5 Å². The van der Waals surface area contributed by atoms with Gasteiger partial charge in [-0.25, -0.2) is 18.4 Å². The van der Waals surface area contributed by atoms with E-state index in [-0.39, 0.29) is 54.1 Å². The van der Waals surface area contributed by atoms with Crippen molar-refractivity contribution in [3.8, 4) is 23.0 Å². The Balaban J connectivity index is 0.000000241. The lowest BCUT2D eigenvalue weighted by Gasteiger charge is -2.13. The molecule has 444 valence electrons. The van der Waals surface area contributed by atoms with Gasteiger partial charge in [0.05, 0.1) is 73.2 Å². The predicted octanol–water partition coefficient (Wildman–Crippen LogP) is 14.6.